The molecular formula is C33H38FN7O4. The Kier molecular flexibility index (Phi) is 7.38. The van der Waals surface area contributed by atoms with E-state index in [1.54, 1.807) is 0 Å². The second-order valence-electron chi connectivity index (χ2n) is 13.5. The molecule has 4 fully saturated rings. The molecule has 45 heavy (non-hydrogen) atoms. The van der Waals surface area contributed by atoms with Crippen LogP contribution in [0.3, 0.4) is 0 Å². The van der Waals surface area contributed by atoms with Crippen LogP contribution in [0.5, 0.6) is 17.4 Å². The van der Waals surface area contributed by atoms with Gasteiger partial charge in [0.15, 0.2) is 12.1 Å². The van der Waals surface area contributed by atoms with E-state index in [0.717, 1.165) is 90.0 Å². The lowest BCUT2D eigenvalue weighted by Gasteiger charge is -2.58. The number of aldehydes is 1. The summed E-state index contributed by atoms with van der Waals surface area (Å²) < 4.78 is 32.0. The quantitative estimate of drug-likeness (QED) is 0.312. The van der Waals surface area contributed by atoms with Gasteiger partial charge in [0.25, 0.3) is 5.88 Å². The number of hydrogen-bond acceptors (Lipinski definition) is 11. The van der Waals surface area contributed by atoms with Crippen molar-refractivity contribution < 1.29 is 23.4 Å². The van der Waals surface area contributed by atoms with Crippen LogP contribution in [0.15, 0.2) is 36.8 Å². The molecule has 2 spiro atoms. The minimum Gasteiger partial charge on any atom is -0.490 e. The number of ether oxygens (including phenoxy) is 3. The van der Waals surface area contributed by atoms with Crippen LogP contribution < -0.4 is 14.4 Å². The van der Waals surface area contributed by atoms with Crippen molar-refractivity contribution in [2.24, 2.45) is 5.41 Å². The summed E-state index contributed by atoms with van der Waals surface area (Å²) >= 11 is 0. The van der Waals surface area contributed by atoms with Gasteiger partial charge in [0, 0.05) is 75.2 Å². The Morgan fingerprint density at radius 2 is 1.93 bits per heavy atom. The molecule has 2 aromatic heterocycles. The van der Waals surface area contributed by atoms with Gasteiger partial charge in [0.2, 0.25) is 0 Å². The summed E-state index contributed by atoms with van der Waals surface area (Å²) in [7, 11) is 0. The van der Waals surface area contributed by atoms with Crippen LogP contribution in [0.1, 0.15) is 53.7 Å². The maximum Gasteiger partial charge on any atom is 0.282 e. The fourth-order valence-electron chi connectivity index (χ4n) is 7.91. The molecule has 11 nitrogen and oxygen atoms in total. The van der Waals surface area contributed by atoms with E-state index in [1.165, 1.54) is 49.0 Å². The Morgan fingerprint density at radius 3 is 2.76 bits per heavy atom. The van der Waals surface area contributed by atoms with Crippen molar-refractivity contribution in [3.05, 3.63) is 59.4 Å². The molecule has 0 bridgehead atoms. The summed E-state index contributed by atoms with van der Waals surface area (Å²) in [5, 5.41) is 7.96. The molecule has 0 atom stereocenters. The fraction of sp³-hybridized carbons (Fsp3) is 0.545. The van der Waals surface area contributed by atoms with Gasteiger partial charge < -0.3 is 19.1 Å². The van der Waals surface area contributed by atoms with Crippen molar-refractivity contribution in [3.63, 3.8) is 0 Å². The van der Waals surface area contributed by atoms with Crippen LogP contribution in [0.2, 0.25) is 0 Å². The van der Waals surface area contributed by atoms with Gasteiger partial charge in [0.05, 0.1) is 11.2 Å². The Bertz CT molecular complexity index is 1560. The molecule has 8 rings (SSSR count). The summed E-state index contributed by atoms with van der Waals surface area (Å²) in [6.07, 6.45) is 10.5. The fourth-order valence-corrected chi connectivity index (χ4v) is 7.91. The standard InChI is InChI=1S/C33H38FN7O4/c34-24-3-4-28(23(13-24)17-42)45-31-30(36-22-37-38-31)41-18-32(19-41)14-25(15-32)44-29-5-8-35-27-6-11-39(16-26(27)29)9-2-10-40-20-33(21-40)7-1-12-43-33/h3-5,8,13,17,22,25H,1-2,6-7,9-12,14-16,18-21H2. The van der Waals surface area contributed by atoms with Gasteiger partial charge in [-0.25, -0.2) is 9.37 Å². The first kappa shape index (κ1) is 28.7. The zero-order valence-electron chi connectivity index (χ0n) is 25.4. The first-order valence-corrected chi connectivity index (χ1v) is 16.1. The van der Waals surface area contributed by atoms with E-state index >= 15 is 0 Å². The predicted octanol–water partition coefficient (Wildman–Crippen LogP) is 3.67. The third-order valence-electron chi connectivity index (χ3n) is 10.1. The molecule has 0 radical (unpaired) electrons. The van der Waals surface area contributed by atoms with Crippen LogP contribution in [0, 0.1) is 11.2 Å². The number of hydrogen-bond donors (Lipinski definition) is 0. The maximum absolute atomic E-state index is 13.6. The number of anilines is 1. The lowest BCUT2D eigenvalue weighted by molar-refractivity contribution is -0.111. The molecule has 6 heterocycles. The van der Waals surface area contributed by atoms with Crippen LogP contribution in [0.25, 0.3) is 0 Å². The number of carbonyl (C=O) groups excluding carboxylic acids is 1. The molecule has 3 saturated heterocycles. The van der Waals surface area contributed by atoms with E-state index in [2.05, 4.69) is 34.9 Å². The van der Waals surface area contributed by atoms with Crippen LogP contribution in [-0.4, -0.2) is 100 Å². The molecule has 0 N–H and O–H groups in total. The highest BCUT2D eigenvalue weighted by atomic mass is 19.1. The molecule has 12 heteroatoms. The summed E-state index contributed by atoms with van der Waals surface area (Å²) in [5.74, 6) is 1.43. The molecule has 5 aliphatic rings. The molecule has 4 aliphatic heterocycles. The number of likely N-dealkylation sites (tertiary alicyclic amines) is 1. The average Bonchev–Trinajstić information content (AvgIpc) is 3.49. The summed E-state index contributed by atoms with van der Waals surface area (Å²) in [6, 6.07) is 5.81. The molecule has 3 aromatic rings. The largest absolute Gasteiger partial charge is 0.490 e. The van der Waals surface area contributed by atoms with E-state index in [4.69, 9.17) is 14.2 Å². The van der Waals surface area contributed by atoms with E-state index in [9.17, 15) is 9.18 Å². The SMILES string of the molecule is O=Cc1cc(F)ccc1Oc1nncnc1N1CC2(CC(Oc3ccnc4c3CN(CCCN3CC5(CCCO5)C3)CC4)C2)C1. The lowest BCUT2D eigenvalue weighted by Crippen LogP contribution is -2.65. The number of benzene rings is 1. The molecule has 0 amide bonds. The minimum absolute atomic E-state index is 0.103. The van der Waals surface area contributed by atoms with Crippen molar-refractivity contribution in [1.29, 1.82) is 0 Å². The molecule has 1 saturated carbocycles. The van der Waals surface area contributed by atoms with Crippen LogP contribution >= 0.6 is 0 Å². The second-order valence-corrected chi connectivity index (χ2v) is 13.5. The molecule has 1 aliphatic carbocycles. The molecular weight excluding hydrogens is 577 g/mol. The maximum atomic E-state index is 13.6. The highest BCUT2D eigenvalue weighted by Gasteiger charge is 2.54. The average molecular weight is 616 g/mol. The molecule has 1 aromatic carbocycles. The van der Waals surface area contributed by atoms with E-state index in [1.807, 2.05) is 12.3 Å². The topological polar surface area (TPSA) is 106 Å². The number of fused-ring (bicyclic) bond motifs is 1. The normalized spacial score (nSPS) is 22.0. The number of aromatic nitrogens is 4. The number of rotatable bonds is 10. The number of pyridine rings is 1. The zero-order chi connectivity index (χ0) is 30.4. The van der Waals surface area contributed by atoms with Gasteiger partial charge in [-0.1, -0.05) is 0 Å². The van der Waals surface area contributed by atoms with Gasteiger partial charge >= 0.3 is 0 Å². The Labute approximate surface area is 261 Å². The van der Waals surface area contributed by atoms with Crippen molar-refractivity contribution in [2.45, 2.75) is 56.8 Å². The highest BCUT2D eigenvalue weighted by molar-refractivity contribution is 5.79. The van der Waals surface area contributed by atoms with Crippen LogP contribution in [0.4, 0.5) is 10.2 Å². The third kappa shape index (κ3) is 5.64. The van der Waals surface area contributed by atoms with Gasteiger partial charge in [-0.05, 0) is 69.5 Å². The number of nitrogens with zero attached hydrogens (tertiary/aromatic N) is 7. The minimum atomic E-state index is -0.511. The number of carbonyl (C=O) groups is 1. The number of halogens is 1. The third-order valence-corrected chi connectivity index (χ3v) is 10.1. The van der Waals surface area contributed by atoms with Gasteiger partial charge in [-0.3, -0.25) is 19.6 Å². The predicted molar refractivity (Wildman–Crippen MR) is 162 cm³/mol. The van der Waals surface area contributed by atoms with Crippen LogP contribution in [-0.2, 0) is 17.7 Å². The summed E-state index contributed by atoms with van der Waals surface area (Å²) in [6.45, 7) is 8.89. The first-order valence-electron chi connectivity index (χ1n) is 16.1. The second kappa shape index (κ2) is 11.6. The van der Waals surface area contributed by atoms with Crippen molar-refractivity contribution in [1.82, 2.24) is 30.0 Å². The van der Waals surface area contributed by atoms with E-state index in [0.29, 0.717) is 12.1 Å². The van der Waals surface area contributed by atoms with Gasteiger partial charge in [0.1, 0.15) is 29.7 Å². The smallest absolute Gasteiger partial charge is 0.282 e. The van der Waals surface area contributed by atoms with Gasteiger partial charge in [-0.15, -0.1) is 10.2 Å². The summed E-state index contributed by atoms with van der Waals surface area (Å²) in [5.41, 5.74) is 2.85. The summed E-state index contributed by atoms with van der Waals surface area (Å²) in [4.78, 5) is 27.7. The highest BCUT2D eigenvalue weighted by Crippen LogP contribution is 2.52. The lowest BCUT2D eigenvalue weighted by atomic mass is 9.61. The Morgan fingerprint density at radius 1 is 1.07 bits per heavy atom. The van der Waals surface area contributed by atoms with Crippen molar-refractivity contribution >= 4 is 12.1 Å². The Hall–Kier alpha value is -3.74. The molecule has 0 unspecified atom stereocenters. The first-order chi connectivity index (χ1) is 22.0. The molecule has 236 valence electrons. The zero-order valence-corrected chi connectivity index (χ0v) is 25.4. The van der Waals surface area contributed by atoms with Gasteiger partial charge in [-0.2, -0.15) is 0 Å². The monoisotopic (exact) mass is 615 g/mol. The van der Waals surface area contributed by atoms with E-state index < -0.39 is 5.82 Å². The van der Waals surface area contributed by atoms with Crippen molar-refractivity contribution in [2.75, 3.05) is 57.3 Å². The van der Waals surface area contributed by atoms with Crippen molar-refractivity contribution in [3.8, 4) is 17.4 Å². The Balaban J connectivity index is 0.834. The van der Waals surface area contributed by atoms with E-state index in [-0.39, 0.29) is 34.3 Å².